The first kappa shape index (κ1) is 26.6. The summed E-state index contributed by atoms with van der Waals surface area (Å²) in [6.45, 7) is 6.44. The maximum absolute atomic E-state index is 13.2. The molecular formula is C25H32Cl2N2O2S. The van der Waals surface area contributed by atoms with Crippen LogP contribution in [0, 0.1) is 0 Å². The fraction of sp³-hybridized carbons (Fsp3) is 0.440. The lowest BCUT2D eigenvalue weighted by atomic mass is 10.1. The number of halogens is 2. The number of carbonyl (C=O) groups excluding carboxylic acids is 2. The highest BCUT2D eigenvalue weighted by molar-refractivity contribution is 7.99. The molecule has 0 aliphatic heterocycles. The lowest BCUT2D eigenvalue weighted by Gasteiger charge is -2.31. The van der Waals surface area contributed by atoms with E-state index >= 15 is 0 Å². The Morgan fingerprint density at radius 3 is 2.25 bits per heavy atom. The van der Waals surface area contributed by atoms with Crippen LogP contribution in [0.1, 0.15) is 44.7 Å². The van der Waals surface area contributed by atoms with Crippen LogP contribution in [0.4, 0.5) is 0 Å². The van der Waals surface area contributed by atoms with Gasteiger partial charge in [-0.1, -0.05) is 73.4 Å². The standard InChI is InChI=1S/C25H32Cl2N2O2S/c1-4-18(3)28-25(31)23(5-2)29(15-14-19-10-7-6-8-11-19)24(30)17-32-16-20-21(26)12-9-13-22(20)27/h6-13,18,23H,4-5,14-17H2,1-3H3,(H,28,31)/t18-,23+/m0/s1. The van der Waals surface area contributed by atoms with Gasteiger partial charge >= 0.3 is 0 Å². The predicted octanol–water partition coefficient (Wildman–Crippen LogP) is 5.99. The third-order valence-electron chi connectivity index (χ3n) is 5.40. The minimum Gasteiger partial charge on any atom is -0.352 e. The maximum atomic E-state index is 13.2. The van der Waals surface area contributed by atoms with Crippen molar-refractivity contribution in [1.29, 1.82) is 0 Å². The van der Waals surface area contributed by atoms with Crippen molar-refractivity contribution < 1.29 is 9.59 Å². The molecule has 0 saturated carbocycles. The molecule has 2 aromatic carbocycles. The summed E-state index contributed by atoms with van der Waals surface area (Å²) in [6, 6.07) is 15.0. The van der Waals surface area contributed by atoms with Crippen molar-refractivity contribution in [2.45, 2.75) is 57.9 Å². The summed E-state index contributed by atoms with van der Waals surface area (Å²) in [6.07, 6.45) is 2.10. The number of nitrogens with one attached hydrogen (secondary N) is 1. The number of hydrogen-bond acceptors (Lipinski definition) is 3. The molecule has 2 aromatic rings. The molecule has 7 heteroatoms. The average Bonchev–Trinajstić information content (AvgIpc) is 2.78. The van der Waals surface area contributed by atoms with Crippen molar-refractivity contribution in [2.24, 2.45) is 0 Å². The smallest absolute Gasteiger partial charge is 0.243 e. The molecule has 1 N–H and O–H groups in total. The molecular weight excluding hydrogens is 463 g/mol. The van der Waals surface area contributed by atoms with Crippen LogP contribution in [0.25, 0.3) is 0 Å². The second kappa shape index (κ2) is 13.8. The van der Waals surface area contributed by atoms with E-state index in [2.05, 4.69) is 5.32 Å². The predicted molar refractivity (Wildman–Crippen MR) is 136 cm³/mol. The van der Waals surface area contributed by atoms with Crippen LogP contribution in [-0.2, 0) is 21.8 Å². The minimum absolute atomic E-state index is 0.0553. The van der Waals surface area contributed by atoms with E-state index in [1.165, 1.54) is 11.8 Å². The molecule has 0 fully saturated rings. The van der Waals surface area contributed by atoms with Gasteiger partial charge in [0.05, 0.1) is 5.75 Å². The Balaban J connectivity index is 2.10. The number of hydrogen-bond donors (Lipinski definition) is 1. The molecule has 0 heterocycles. The highest BCUT2D eigenvalue weighted by Crippen LogP contribution is 2.28. The van der Waals surface area contributed by atoms with E-state index in [-0.39, 0.29) is 23.6 Å². The first-order chi connectivity index (χ1) is 15.4. The van der Waals surface area contributed by atoms with Crippen LogP contribution >= 0.6 is 35.0 Å². The van der Waals surface area contributed by atoms with E-state index in [9.17, 15) is 9.59 Å². The average molecular weight is 496 g/mol. The number of amides is 2. The topological polar surface area (TPSA) is 49.4 Å². The van der Waals surface area contributed by atoms with Gasteiger partial charge in [-0.3, -0.25) is 9.59 Å². The van der Waals surface area contributed by atoms with Gasteiger partial charge in [-0.25, -0.2) is 0 Å². The second-order valence-corrected chi connectivity index (χ2v) is 9.56. The molecule has 0 unspecified atom stereocenters. The molecule has 0 aliphatic carbocycles. The van der Waals surface area contributed by atoms with Crippen LogP contribution in [0.5, 0.6) is 0 Å². The summed E-state index contributed by atoms with van der Waals surface area (Å²) in [4.78, 5) is 27.9. The lowest BCUT2D eigenvalue weighted by Crippen LogP contribution is -2.52. The fourth-order valence-corrected chi connectivity index (χ4v) is 4.98. The van der Waals surface area contributed by atoms with E-state index in [4.69, 9.17) is 23.2 Å². The molecule has 0 spiro atoms. The van der Waals surface area contributed by atoms with Crippen LogP contribution in [0.3, 0.4) is 0 Å². The highest BCUT2D eigenvalue weighted by atomic mass is 35.5. The molecule has 0 saturated heterocycles. The van der Waals surface area contributed by atoms with Gasteiger partial charge in [-0.2, -0.15) is 0 Å². The molecule has 4 nitrogen and oxygen atoms in total. The number of rotatable bonds is 12. The van der Waals surface area contributed by atoms with E-state index in [0.717, 1.165) is 17.5 Å². The summed E-state index contributed by atoms with van der Waals surface area (Å²) >= 11 is 14.0. The molecule has 0 radical (unpaired) electrons. The Morgan fingerprint density at radius 2 is 1.66 bits per heavy atom. The van der Waals surface area contributed by atoms with Gasteiger partial charge in [-0.05, 0) is 49.4 Å². The Bertz CT molecular complexity index is 859. The molecule has 2 rings (SSSR count). The maximum Gasteiger partial charge on any atom is 0.243 e. The first-order valence-electron chi connectivity index (χ1n) is 11.0. The summed E-state index contributed by atoms with van der Waals surface area (Å²) in [5, 5.41) is 4.23. The quantitative estimate of drug-likeness (QED) is 0.394. The molecule has 2 amide bonds. The second-order valence-electron chi connectivity index (χ2n) is 7.76. The van der Waals surface area contributed by atoms with Crippen molar-refractivity contribution >= 4 is 46.8 Å². The molecule has 32 heavy (non-hydrogen) atoms. The SMILES string of the molecule is CC[C@H](C(=O)N[C@@H](C)CC)N(CCc1ccccc1)C(=O)CSCc1c(Cl)cccc1Cl. The van der Waals surface area contributed by atoms with Gasteiger partial charge in [-0.15, -0.1) is 11.8 Å². The monoisotopic (exact) mass is 494 g/mol. The molecule has 0 bridgehead atoms. The van der Waals surface area contributed by atoms with E-state index in [1.54, 1.807) is 23.1 Å². The van der Waals surface area contributed by atoms with Gasteiger partial charge in [0.1, 0.15) is 6.04 Å². The van der Waals surface area contributed by atoms with E-state index in [0.29, 0.717) is 35.2 Å². The van der Waals surface area contributed by atoms with Gasteiger partial charge in [0.25, 0.3) is 0 Å². The summed E-state index contributed by atoms with van der Waals surface area (Å²) in [5.74, 6) is 0.637. The Labute approximate surface area is 206 Å². The minimum atomic E-state index is -0.496. The zero-order valence-corrected chi connectivity index (χ0v) is 21.3. The zero-order valence-electron chi connectivity index (χ0n) is 18.9. The first-order valence-corrected chi connectivity index (χ1v) is 12.9. The number of carbonyl (C=O) groups is 2. The van der Waals surface area contributed by atoms with Crippen molar-refractivity contribution in [3.63, 3.8) is 0 Å². The Morgan fingerprint density at radius 1 is 1.00 bits per heavy atom. The number of thioether (sulfide) groups is 1. The van der Waals surface area contributed by atoms with Gasteiger partial charge in [0.2, 0.25) is 11.8 Å². The Hall–Kier alpha value is -1.69. The van der Waals surface area contributed by atoms with Crippen molar-refractivity contribution in [3.05, 3.63) is 69.7 Å². The molecule has 0 aliphatic rings. The third kappa shape index (κ3) is 8.02. The Kier molecular flexibility index (Phi) is 11.4. The van der Waals surface area contributed by atoms with Gasteiger partial charge in [0.15, 0.2) is 0 Å². The van der Waals surface area contributed by atoms with Crippen LogP contribution in [0.15, 0.2) is 48.5 Å². The van der Waals surface area contributed by atoms with Crippen molar-refractivity contribution in [3.8, 4) is 0 Å². The summed E-state index contributed by atoms with van der Waals surface area (Å²) < 4.78 is 0. The normalized spacial score (nSPS) is 12.8. The number of nitrogens with zero attached hydrogens (tertiary/aromatic N) is 1. The zero-order chi connectivity index (χ0) is 23.5. The van der Waals surface area contributed by atoms with Crippen LogP contribution in [0.2, 0.25) is 10.0 Å². The number of benzene rings is 2. The molecule has 0 aromatic heterocycles. The van der Waals surface area contributed by atoms with Gasteiger partial charge in [0, 0.05) is 28.4 Å². The summed E-state index contributed by atoms with van der Waals surface area (Å²) in [5.41, 5.74) is 1.96. The van der Waals surface area contributed by atoms with Crippen LogP contribution < -0.4 is 5.32 Å². The largest absolute Gasteiger partial charge is 0.352 e. The van der Waals surface area contributed by atoms with E-state index in [1.807, 2.05) is 51.1 Å². The van der Waals surface area contributed by atoms with Crippen LogP contribution in [-0.4, -0.2) is 41.1 Å². The third-order valence-corrected chi connectivity index (χ3v) is 7.06. The van der Waals surface area contributed by atoms with Crippen molar-refractivity contribution in [2.75, 3.05) is 12.3 Å². The molecule has 174 valence electrons. The van der Waals surface area contributed by atoms with E-state index < -0.39 is 6.04 Å². The van der Waals surface area contributed by atoms with Crippen molar-refractivity contribution in [1.82, 2.24) is 10.2 Å². The highest BCUT2D eigenvalue weighted by Gasteiger charge is 2.28. The lowest BCUT2D eigenvalue weighted by molar-refractivity contribution is -0.139. The summed E-state index contributed by atoms with van der Waals surface area (Å²) in [7, 11) is 0. The molecule has 2 atom stereocenters. The van der Waals surface area contributed by atoms with Gasteiger partial charge < -0.3 is 10.2 Å². The fourth-order valence-electron chi connectivity index (χ4n) is 3.33.